The number of nitrogens with one attached hydrogen (secondary N) is 1. The lowest BCUT2D eigenvalue weighted by Gasteiger charge is -2.11. The van der Waals surface area contributed by atoms with Crippen molar-refractivity contribution in [3.05, 3.63) is 51.0 Å². The highest BCUT2D eigenvalue weighted by Crippen LogP contribution is 2.29. The Labute approximate surface area is 129 Å². The number of nitrogen functional groups attached to an aromatic ring is 1. The van der Waals surface area contributed by atoms with Gasteiger partial charge in [0.1, 0.15) is 5.75 Å². The second kappa shape index (κ2) is 5.73. The zero-order valence-electron chi connectivity index (χ0n) is 10.6. The van der Waals surface area contributed by atoms with E-state index in [1.807, 2.05) is 13.0 Å². The zero-order chi connectivity index (χ0) is 14.9. The van der Waals surface area contributed by atoms with Crippen molar-refractivity contribution in [2.24, 2.45) is 0 Å². The Hall–Kier alpha value is -1.72. The van der Waals surface area contributed by atoms with Gasteiger partial charge in [0.15, 0.2) is 0 Å². The third-order valence-corrected chi connectivity index (χ3v) is 3.70. The monoisotopic (exact) mass is 354 g/mol. The number of nitrogens with two attached hydrogens (primary N) is 1. The lowest BCUT2D eigenvalue weighted by Crippen LogP contribution is -2.13. The van der Waals surface area contributed by atoms with Gasteiger partial charge in [0.25, 0.3) is 5.91 Å². The Morgan fingerprint density at radius 2 is 2.05 bits per heavy atom. The SMILES string of the molecule is Cc1cc(Br)c(NC(=O)c2ccc(Cl)cc2O)cc1N. The lowest BCUT2D eigenvalue weighted by atomic mass is 10.1. The Kier molecular flexibility index (Phi) is 4.20. The first kappa shape index (κ1) is 14.7. The number of aromatic hydroxyl groups is 1. The predicted octanol–water partition coefficient (Wildman–Crippen LogP) is 3.95. The van der Waals surface area contributed by atoms with E-state index in [0.717, 1.165) is 5.56 Å². The van der Waals surface area contributed by atoms with Gasteiger partial charge in [0, 0.05) is 15.2 Å². The molecule has 4 N–H and O–H groups in total. The summed E-state index contributed by atoms with van der Waals surface area (Å²) in [6, 6.07) is 7.78. The molecular formula is C14H12BrClN2O2. The van der Waals surface area contributed by atoms with Crippen LogP contribution >= 0.6 is 27.5 Å². The van der Waals surface area contributed by atoms with Gasteiger partial charge >= 0.3 is 0 Å². The van der Waals surface area contributed by atoms with Crippen LogP contribution in [0.5, 0.6) is 5.75 Å². The molecule has 0 aliphatic heterocycles. The number of benzene rings is 2. The number of rotatable bonds is 2. The van der Waals surface area contributed by atoms with Crippen LogP contribution in [0.2, 0.25) is 5.02 Å². The molecular weight excluding hydrogens is 344 g/mol. The smallest absolute Gasteiger partial charge is 0.259 e. The van der Waals surface area contributed by atoms with Gasteiger partial charge in [-0.05, 0) is 58.7 Å². The van der Waals surface area contributed by atoms with Gasteiger partial charge in [-0.15, -0.1) is 0 Å². The van der Waals surface area contributed by atoms with Gasteiger partial charge in [-0.2, -0.15) is 0 Å². The van der Waals surface area contributed by atoms with E-state index >= 15 is 0 Å². The fourth-order valence-electron chi connectivity index (χ4n) is 1.67. The molecule has 0 fully saturated rings. The number of halogens is 2. The number of carbonyl (C=O) groups excluding carboxylic acids is 1. The maximum Gasteiger partial charge on any atom is 0.259 e. The molecule has 0 radical (unpaired) electrons. The Morgan fingerprint density at radius 1 is 1.35 bits per heavy atom. The summed E-state index contributed by atoms with van der Waals surface area (Å²) in [7, 11) is 0. The molecule has 6 heteroatoms. The molecule has 2 rings (SSSR count). The van der Waals surface area contributed by atoms with Gasteiger partial charge in [-0.1, -0.05) is 11.6 Å². The van der Waals surface area contributed by atoms with Gasteiger partial charge in [-0.25, -0.2) is 0 Å². The van der Waals surface area contributed by atoms with Crippen LogP contribution in [0.1, 0.15) is 15.9 Å². The highest BCUT2D eigenvalue weighted by atomic mass is 79.9. The highest BCUT2D eigenvalue weighted by Gasteiger charge is 2.13. The van der Waals surface area contributed by atoms with Crippen molar-refractivity contribution < 1.29 is 9.90 Å². The molecule has 0 bridgehead atoms. The van der Waals surface area contributed by atoms with Crippen LogP contribution in [-0.2, 0) is 0 Å². The Bertz CT molecular complexity index is 689. The van der Waals surface area contributed by atoms with Crippen LogP contribution in [-0.4, -0.2) is 11.0 Å². The van der Waals surface area contributed by atoms with E-state index in [1.165, 1.54) is 18.2 Å². The van der Waals surface area contributed by atoms with Crippen molar-refractivity contribution in [2.45, 2.75) is 6.92 Å². The summed E-state index contributed by atoms with van der Waals surface area (Å²) in [6.45, 7) is 1.87. The molecule has 4 nitrogen and oxygen atoms in total. The number of phenolic OH excluding ortho intramolecular Hbond substituents is 1. The quantitative estimate of drug-likeness (QED) is 0.714. The average molecular weight is 356 g/mol. The average Bonchev–Trinajstić information content (AvgIpc) is 2.35. The third kappa shape index (κ3) is 3.05. The van der Waals surface area contributed by atoms with Crippen LogP contribution in [0.25, 0.3) is 0 Å². The number of anilines is 2. The van der Waals surface area contributed by atoms with Crippen molar-refractivity contribution >= 4 is 44.8 Å². The second-order valence-corrected chi connectivity index (χ2v) is 5.60. The topological polar surface area (TPSA) is 75.3 Å². The maximum absolute atomic E-state index is 12.1. The van der Waals surface area contributed by atoms with Gasteiger partial charge in [0.05, 0.1) is 11.3 Å². The number of phenols is 1. The molecule has 0 aromatic heterocycles. The molecule has 2 aromatic carbocycles. The van der Waals surface area contributed by atoms with E-state index in [-0.39, 0.29) is 11.3 Å². The van der Waals surface area contributed by atoms with Crippen molar-refractivity contribution in [1.29, 1.82) is 0 Å². The molecule has 0 spiro atoms. The maximum atomic E-state index is 12.1. The van der Waals surface area contributed by atoms with E-state index in [9.17, 15) is 9.90 Å². The van der Waals surface area contributed by atoms with E-state index in [2.05, 4.69) is 21.2 Å². The van der Waals surface area contributed by atoms with Crippen LogP contribution in [0.4, 0.5) is 11.4 Å². The van der Waals surface area contributed by atoms with E-state index in [0.29, 0.717) is 20.9 Å². The van der Waals surface area contributed by atoms with Gasteiger partial charge in [-0.3, -0.25) is 4.79 Å². The number of carbonyl (C=O) groups is 1. The lowest BCUT2D eigenvalue weighted by molar-refractivity contribution is 0.102. The normalized spacial score (nSPS) is 10.3. The van der Waals surface area contributed by atoms with Crippen molar-refractivity contribution in [3.8, 4) is 5.75 Å². The van der Waals surface area contributed by atoms with E-state index < -0.39 is 5.91 Å². The Balaban J connectivity index is 2.30. The number of aryl methyl sites for hydroxylation is 1. The van der Waals surface area contributed by atoms with E-state index in [4.69, 9.17) is 17.3 Å². The fraction of sp³-hybridized carbons (Fsp3) is 0.0714. The zero-order valence-corrected chi connectivity index (χ0v) is 12.9. The minimum atomic E-state index is -0.442. The summed E-state index contributed by atoms with van der Waals surface area (Å²) < 4.78 is 0.714. The fourth-order valence-corrected chi connectivity index (χ4v) is 2.39. The van der Waals surface area contributed by atoms with Crippen LogP contribution in [0.15, 0.2) is 34.8 Å². The summed E-state index contributed by atoms with van der Waals surface area (Å²) >= 11 is 9.09. The van der Waals surface area contributed by atoms with Crippen molar-refractivity contribution in [3.63, 3.8) is 0 Å². The summed E-state index contributed by atoms with van der Waals surface area (Å²) in [5.74, 6) is -0.616. The van der Waals surface area contributed by atoms with Crippen molar-refractivity contribution in [2.75, 3.05) is 11.1 Å². The molecule has 0 unspecified atom stereocenters. The molecule has 1 amide bonds. The number of hydrogen-bond acceptors (Lipinski definition) is 3. The van der Waals surface area contributed by atoms with Gasteiger partial charge < -0.3 is 16.2 Å². The van der Waals surface area contributed by atoms with E-state index in [1.54, 1.807) is 6.07 Å². The molecule has 20 heavy (non-hydrogen) atoms. The summed E-state index contributed by atoms with van der Waals surface area (Å²) in [4.78, 5) is 12.1. The molecule has 0 saturated carbocycles. The van der Waals surface area contributed by atoms with Crippen LogP contribution < -0.4 is 11.1 Å². The first-order valence-corrected chi connectivity index (χ1v) is 6.91. The number of hydrogen-bond donors (Lipinski definition) is 3. The predicted molar refractivity (Wildman–Crippen MR) is 84.4 cm³/mol. The standard InChI is InChI=1S/C14H12BrClN2O2/c1-7-4-10(15)12(6-11(7)17)18-14(20)9-3-2-8(16)5-13(9)19/h2-6,19H,17H2,1H3,(H,18,20). The minimum absolute atomic E-state index is 0.139. The summed E-state index contributed by atoms with van der Waals surface area (Å²) in [6.07, 6.45) is 0. The first-order valence-electron chi connectivity index (χ1n) is 5.74. The summed E-state index contributed by atoms with van der Waals surface area (Å²) in [5.41, 5.74) is 7.97. The molecule has 0 heterocycles. The largest absolute Gasteiger partial charge is 0.507 e. The van der Waals surface area contributed by atoms with Crippen LogP contribution in [0.3, 0.4) is 0 Å². The van der Waals surface area contributed by atoms with Gasteiger partial charge in [0.2, 0.25) is 0 Å². The molecule has 0 atom stereocenters. The number of amides is 1. The second-order valence-electron chi connectivity index (χ2n) is 4.30. The molecule has 2 aromatic rings. The van der Waals surface area contributed by atoms with Crippen LogP contribution in [0, 0.1) is 6.92 Å². The van der Waals surface area contributed by atoms with Crippen molar-refractivity contribution in [1.82, 2.24) is 0 Å². The first-order chi connectivity index (χ1) is 9.38. The summed E-state index contributed by atoms with van der Waals surface area (Å²) in [5, 5.41) is 12.8. The molecule has 0 saturated heterocycles. The molecule has 0 aliphatic rings. The highest BCUT2D eigenvalue weighted by molar-refractivity contribution is 9.10. The minimum Gasteiger partial charge on any atom is -0.507 e. The third-order valence-electron chi connectivity index (χ3n) is 2.81. The molecule has 104 valence electrons. The molecule has 0 aliphatic carbocycles. The Morgan fingerprint density at radius 3 is 2.70 bits per heavy atom.